The molecule has 2 amide bonds. The number of hydrogen-bond acceptors (Lipinski definition) is 4. The van der Waals surface area contributed by atoms with Crippen molar-refractivity contribution in [1.82, 2.24) is 15.1 Å². The lowest BCUT2D eigenvalue weighted by atomic mass is 9.82. The first-order valence-corrected chi connectivity index (χ1v) is 13.6. The van der Waals surface area contributed by atoms with E-state index in [1.54, 1.807) is 11.8 Å². The van der Waals surface area contributed by atoms with Crippen molar-refractivity contribution in [1.29, 1.82) is 0 Å². The Balaban J connectivity index is 2.29. The SMILES string of the molecule is CCC(C)N1CCCCC1C(=O)NC(C(=O)N(C)C(/C=C(\C)C(C)=O)C(C)C)C1CCCCC1. The fourth-order valence-electron chi connectivity index (χ4n) is 5.59. The van der Waals surface area contributed by atoms with E-state index in [9.17, 15) is 14.4 Å². The van der Waals surface area contributed by atoms with Crippen LogP contribution in [0.4, 0.5) is 0 Å². The predicted molar refractivity (Wildman–Crippen MR) is 138 cm³/mol. The molecule has 2 fully saturated rings. The van der Waals surface area contributed by atoms with Gasteiger partial charge in [-0.3, -0.25) is 19.3 Å². The van der Waals surface area contributed by atoms with Gasteiger partial charge in [-0.05, 0) is 76.8 Å². The molecule has 194 valence electrons. The van der Waals surface area contributed by atoms with Crippen molar-refractivity contribution in [2.24, 2.45) is 11.8 Å². The number of nitrogens with one attached hydrogen (secondary N) is 1. The minimum atomic E-state index is -0.509. The van der Waals surface area contributed by atoms with Crippen molar-refractivity contribution in [2.45, 2.75) is 123 Å². The Morgan fingerprint density at radius 3 is 2.18 bits per heavy atom. The highest BCUT2D eigenvalue weighted by atomic mass is 16.2. The van der Waals surface area contributed by atoms with Crippen LogP contribution in [0.3, 0.4) is 0 Å². The second-order valence-electron chi connectivity index (χ2n) is 11.0. The number of carbonyl (C=O) groups is 3. The van der Waals surface area contributed by atoms with Crippen LogP contribution in [0.25, 0.3) is 0 Å². The van der Waals surface area contributed by atoms with E-state index >= 15 is 0 Å². The Labute approximate surface area is 207 Å². The molecule has 2 aliphatic rings. The Bertz CT molecular complexity index is 726. The molecule has 0 bridgehead atoms. The molecule has 6 heteroatoms. The number of rotatable bonds is 10. The average Bonchev–Trinajstić information content (AvgIpc) is 2.84. The van der Waals surface area contributed by atoms with Gasteiger partial charge in [0.05, 0.1) is 12.1 Å². The second kappa shape index (κ2) is 13.4. The van der Waals surface area contributed by atoms with Gasteiger partial charge >= 0.3 is 0 Å². The topological polar surface area (TPSA) is 69.7 Å². The maximum absolute atomic E-state index is 13.9. The summed E-state index contributed by atoms with van der Waals surface area (Å²) in [5.41, 5.74) is 0.669. The molecule has 0 aromatic carbocycles. The summed E-state index contributed by atoms with van der Waals surface area (Å²) in [6.07, 6.45) is 11.3. The number of Topliss-reactive ketones (excluding diaryl/α,β-unsaturated/α-hetero) is 1. The standard InChI is InChI=1S/C28H49N3O3/c1-8-21(5)31-17-13-12-16-24(31)27(33)29-26(23-14-10-9-11-15-23)28(34)30(7)25(19(2)3)18-20(4)22(6)32/h18-19,21,23-26H,8-17H2,1-7H3,(H,29,33)/b20-18+. The molecule has 1 N–H and O–H groups in total. The lowest BCUT2D eigenvalue weighted by Crippen LogP contribution is -2.59. The zero-order valence-corrected chi connectivity index (χ0v) is 22.7. The minimum Gasteiger partial charge on any atom is -0.343 e. The summed E-state index contributed by atoms with van der Waals surface area (Å²) >= 11 is 0. The van der Waals surface area contributed by atoms with E-state index in [2.05, 4.69) is 37.9 Å². The largest absolute Gasteiger partial charge is 0.343 e. The average molecular weight is 476 g/mol. The molecule has 1 heterocycles. The van der Waals surface area contributed by atoms with E-state index in [4.69, 9.17) is 0 Å². The van der Waals surface area contributed by atoms with E-state index in [1.165, 1.54) is 6.42 Å². The van der Waals surface area contributed by atoms with Gasteiger partial charge in [-0.2, -0.15) is 0 Å². The van der Waals surface area contributed by atoms with Gasteiger partial charge in [0.15, 0.2) is 5.78 Å². The van der Waals surface area contributed by atoms with Gasteiger partial charge < -0.3 is 10.2 Å². The lowest BCUT2D eigenvalue weighted by Gasteiger charge is -2.41. The number of amides is 2. The fourth-order valence-corrected chi connectivity index (χ4v) is 5.59. The smallest absolute Gasteiger partial charge is 0.245 e. The lowest BCUT2D eigenvalue weighted by molar-refractivity contribution is -0.141. The predicted octanol–water partition coefficient (Wildman–Crippen LogP) is 4.72. The van der Waals surface area contributed by atoms with Crippen molar-refractivity contribution in [2.75, 3.05) is 13.6 Å². The summed E-state index contributed by atoms with van der Waals surface area (Å²) in [5, 5.41) is 3.26. The van der Waals surface area contributed by atoms with Crippen LogP contribution in [0.5, 0.6) is 0 Å². The summed E-state index contributed by atoms with van der Waals surface area (Å²) < 4.78 is 0. The van der Waals surface area contributed by atoms with Crippen molar-refractivity contribution < 1.29 is 14.4 Å². The molecule has 0 spiro atoms. The van der Waals surface area contributed by atoms with E-state index in [0.29, 0.717) is 11.6 Å². The van der Waals surface area contributed by atoms with Gasteiger partial charge in [0.2, 0.25) is 11.8 Å². The number of piperidine rings is 1. The van der Waals surface area contributed by atoms with E-state index in [1.807, 2.05) is 20.0 Å². The maximum atomic E-state index is 13.9. The van der Waals surface area contributed by atoms with Crippen LogP contribution in [-0.2, 0) is 14.4 Å². The highest BCUT2D eigenvalue weighted by Crippen LogP contribution is 2.29. The van der Waals surface area contributed by atoms with Gasteiger partial charge in [0.25, 0.3) is 0 Å². The van der Waals surface area contributed by atoms with Gasteiger partial charge in [-0.15, -0.1) is 0 Å². The number of likely N-dealkylation sites (tertiary alicyclic amines) is 1. The van der Waals surface area contributed by atoms with E-state index in [-0.39, 0.29) is 41.5 Å². The van der Waals surface area contributed by atoms with Gasteiger partial charge in [0, 0.05) is 13.1 Å². The van der Waals surface area contributed by atoms with Crippen molar-refractivity contribution in [3.8, 4) is 0 Å². The Morgan fingerprint density at radius 2 is 1.62 bits per heavy atom. The number of allylic oxidation sites excluding steroid dienone is 1. The Morgan fingerprint density at radius 1 is 1.00 bits per heavy atom. The third kappa shape index (κ3) is 7.40. The molecule has 4 atom stereocenters. The van der Waals surface area contributed by atoms with Gasteiger partial charge in [-0.25, -0.2) is 0 Å². The monoisotopic (exact) mass is 475 g/mol. The zero-order chi connectivity index (χ0) is 25.4. The molecular formula is C28H49N3O3. The highest BCUT2D eigenvalue weighted by molar-refractivity contribution is 5.93. The summed E-state index contributed by atoms with van der Waals surface area (Å²) in [5.74, 6) is 0.321. The minimum absolute atomic E-state index is 0.00822. The first-order valence-electron chi connectivity index (χ1n) is 13.6. The third-order valence-corrected chi connectivity index (χ3v) is 8.14. The Hall–Kier alpha value is -1.69. The van der Waals surface area contributed by atoms with Crippen molar-refractivity contribution in [3.63, 3.8) is 0 Å². The van der Waals surface area contributed by atoms with Crippen LogP contribution in [0.2, 0.25) is 0 Å². The molecule has 34 heavy (non-hydrogen) atoms. The van der Waals surface area contributed by atoms with E-state index in [0.717, 1.165) is 57.9 Å². The number of hydrogen-bond donors (Lipinski definition) is 1. The molecular weight excluding hydrogens is 426 g/mol. The number of likely N-dealkylation sites (N-methyl/N-ethyl adjacent to an activating group) is 1. The molecule has 1 aliphatic carbocycles. The highest BCUT2D eigenvalue weighted by Gasteiger charge is 2.38. The second-order valence-corrected chi connectivity index (χ2v) is 11.0. The molecule has 4 unspecified atom stereocenters. The third-order valence-electron chi connectivity index (χ3n) is 8.14. The molecule has 0 aromatic rings. The summed E-state index contributed by atoms with van der Waals surface area (Å²) in [6.45, 7) is 12.8. The van der Waals surface area contributed by atoms with Crippen LogP contribution in [0.15, 0.2) is 11.6 Å². The number of ketones is 1. The molecule has 1 saturated carbocycles. The number of nitrogens with zero attached hydrogens (tertiary/aromatic N) is 2. The fraction of sp³-hybridized carbons (Fsp3) is 0.821. The maximum Gasteiger partial charge on any atom is 0.245 e. The van der Waals surface area contributed by atoms with Crippen molar-refractivity contribution in [3.05, 3.63) is 11.6 Å². The van der Waals surface area contributed by atoms with Crippen LogP contribution in [0, 0.1) is 11.8 Å². The zero-order valence-electron chi connectivity index (χ0n) is 22.7. The van der Waals surface area contributed by atoms with Crippen LogP contribution >= 0.6 is 0 Å². The summed E-state index contributed by atoms with van der Waals surface area (Å²) in [6, 6.07) is -0.502. The first-order chi connectivity index (χ1) is 16.1. The van der Waals surface area contributed by atoms with Gasteiger partial charge in [-0.1, -0.05) is 52.5 Å². The Kier molecular flexibility index (Phi) is 11.3. The molecule has 0 radical (unpaired) electrons. The van der Waals surface area contributed by atoms with Crippen LogP contribution in [0.1, 0.15) is 99.3 Å². The normalized spacial score (nSPS) is 23.3. The van der Waals surface area contributed by atoms with Crippen molar-refractivity contribution >= 4 is 17.6 Å². The quantitative estimate of drug-likeness (QED) is 0.464. The van der Waals surface area contributed by atoms with Crippen LogP contribution < -0.4 is 5.32 Å². The summed E-state index contributed by atoms with van der Waals surface area (Å²) in [4.78, 5) is 43.5. The van der Waals surface area contributed by atoms with Crippen LogP contribution in [-0.4, -0.2) is 65.2 Å². The molecule has 0 aromatic heterocycles. The first kappa shape index (κ1) is 28.5. The molecule has 1 aliphatic heterocycles. The van der Waals surface area contributed by atoms with E-state index < -0.39 is 6.04 Å². The molecule has 1 saturated heterocycles. The summed E-state index contributed by atoms with van der Waals surface area (Å²) in [7, 11) is 1.82. The van der Waals surface area contributed by atoms with Gasteiger partial charge in [0.1, 0.15) is 6.04 Å². The molecule has 6 nitrogen and oxygen atoms in total. The number of carbonyl (C=O) groups excluding carboxylic acids is 3. The molecule has 2 rings (SSSR count).